The number of piperidine rings is 1. The van der Waals surface area contributed by atoms with Crippen LogP contribution in [0.4, 0.5) is 5.69 Å². The zero-order chi connectivity index (χ0) is 12.6. The number of carbonyl (C=O) groups excluding carboxylic acids is 1. The third kappa shape index (κ3) is 2.28. The predicted molar refractivity (Wildman–Crippen MR) is 70.8 cm³/mol. The molecule has 0 bridgehead atoms. The molecule has 0 spiro atoms. The lowest BCUT2D eigenvalue weighted by Gasteiger charge is -2.32. The van der Waals surface area contributed by atoms with Gasteiger partial charge in [0.25, 0.3) is 0 Å². The smallest absolute Gasteiger partial charge is 0.243 e. The van der Waals surface area contributed by atoms with E-state index < -0.39 is 6.04 Å². The van der Waals surface area contributed by atoms with Crippen LogP contribution < -0.4 is 10.6 Å². The van der Waals surface area contributed by atoms with Crippen LogP contribution in [0.2, 0.25) is 10.0 Å². The number of carbonyl (C=O) groups is 1. The molecule has 1 aliphatic rings. The highest BCUT2D eigenvalue weighted by Crippen LogP contribution is 2.37. The van der Waals surface area contributed by atoms with Crippen molar-refractivity contribution in [2.45, 2.75) is 25.8 Å². The summed E-state index contributed by atoms with van der Waals surface area (Å²) in [4.78, 5) is 13.6. The lowest BCUT2D eigenvalue weighted by atomic mass is 10.0. The van der Waals surface area contributed by atoms with Crippen LogP contribution in [-0.2, 0) is 4.79 Å². The van der Waals surface area contributed by atoms with Crippen molar-refractivity contribution >= 4 is 34.8 Å². The minimum atomic E-state index is -0.448. The standard InChI is InChI=1S/C12H14Cl2N2O/c1-7-4-5-8(13)11(10(7)14)16-6-2-3-9(15)12(16)17/h4-5,9H,2-3,6,15H2,1H3. The summed E-state index contributed by atoms with van der Waals surface area (Å²) >= 11 is 12.4. The maximum atomic E-state index is 12.0. The SMILES string of the molecule is Cc1ccc(Cl)c(N2CCCC(N)C2=O)c1Cl. The molecular formula is C12H14Cl2N2O. The molecule has 1 heterocycles. The molecule has 0 aromatic heterocycles. The predicted octanol–water partition coefficient (Wildman–Crippen LogP) is 2.76. The van der Waals surface area contributed by atoms with Gasteiger partial charge in [-0.1, -0.05) is 29.3 Å². The fourth-order valence-electron chi connectivity index (χ4n) is 2.01. The van der Waals surface area contributed by atoms with Crippen LogP contribution >= 0.6 is 23.2 Å². The monoisotopic (exact) mass is 272 g/mol. The van der Waals surface area contributed by atoms with E-state index in [-0.39, 0.29) is 5.91 Å². The Hall–Kier alpha value is -0.770. The van der Waals surface area contributed by atoms with E-state index in [0.29, 0.717) is 22.3 Å². The van der Waals surface area contributed by atoms with Crippen molar-refractivity contribution in [3.8, 4) is 0 Å². The number of halogens is 2. The molecule has 0 radical (unpaired) electrons. The number of aryl methyl sites for hydroxylation is 1. The topological polar surface area (TPSA) is 46.3 Å². The molecule has 2 N–H and O–H groups in total. The zero-order valence-electron chi connectivity index (χ0n) is 9.54. The van der Waals surface area contributed by atoms with Crippen LogP contribution in [0.25, 0.3) is 0 Å². The number of hydrogen-bond donors (Lipinski definition) is 1. The second-order valence-corrected chi connectivity index (χ2v) is 5.05. The first-order chi connectivity index (χ1) is 8.02. The highest BCUT2D eigenvalue weighted by molar-refractivity contribution is 6.40. The van der Waals surface area contributed by atoms with E-state index in [0.717, 1.165) is 18.4 Å². The molecule has 1 saturated heterocycles. The molecule has 1 aromatic rings. The first-order valence-electron chi connectivity index (χ1n) is 5.54. The Bertz CT molecular complexity index is 462. The molecule has 0 saturated carbocycles. The quantitative estimate of drug-likeness (QED) is 0.855. The fraction of sp³-hybridized carbons (Fsp3) is 0.417. The van der Waals surface area contributed by atoms with E-state index in [1.807, 2.05) is 13.0 Å². The molecule has 1 aromatic carbocycles. The van der Waals surface area contributed by atoms with E-state index in [1.54, 1.807) is 11.0 Å². The maximum absolute atomic E-state index is 12.0. The Morgan fingerprint density at radius 2 is 2.12 bits per heavy atom. The van der Waals surface area contributed by atoms with Crippen molar-refractivity contribution < 1.29 is 4.79 Å². The highest BCUT2D eigenvalue weighted by atomic mass is 35.5. The molecule has 17 heavy (non-hydrogen) atoms. The third-order valence-corrected chi connectivity index (χ3v) is 3.79. The average Bonchev–Trinajstić information content (AvgIpc) is 2.30. The molecule has 3 nitrogen and oxygen atoms in total. The number of anilines is 1. The number of benzene rings is 1. The molecule has 1 unspecified atom stereocenters. The van der Waals surface area contributed by atoms with Gasteiger partial charge in [0.2, 0.25) is 5.91 Å². The second-order valence-electron chi connectivity index (χ2n) is 4.27. The van der Waals surface area contributed by atoms with Gasteiger partial charge in [0.15, 0.2) is 0 Å². The molecule has 1 fully saturated rings. The Morgan fingerprint density at radius 3 is 2.82 bits per heavy atom. The van der Waals surface area contributed by atoms with Gasteiger partial charge >= 0.3 is 0 Å². The first-order valence-corrected chi connectivity index (χ1v) is 6.29. The summed E-state index contributed by atoms with van der Waals surface area (Å²) in [5, 5.41) is 1.02. The van der Waals surface area contributed by atoms with Crippen molar-refractivity contribution in [1.29, 1.82) is 0 Å². The van der Waals surface area contributed by atoms with Crippen LogP contribution in [0.3, 0.4) is 0 Å². The minimum Gasteiger partial charge on any atom is -0.320 e. The molecular weight excluding hydrogens is 259 g/mol. The summed E-state index contributed by atoms with van der Waals surface area (Å²) < 4.78 is 0. The van der Waals surface area contributed by atoms with E-state index in [1.165, 1.54) is 0 Å². The van der Waals surface area contributed by atoms with Gasteiger partial charge < -0.3 is 10.6 Å². The molecule has 92 valence electrons. The zero-order valence-corrected chi connectivity index (χ0v) is 11.1. The van der Waals surface area contributed by atoms with Gasteiger partial charge in [-0.3, -0.25) is 4.79 Å². The van der Waals surface area contributed by atoms with Crippen LogP contribution in [0.15, 0.2) is 12.1 Å². The van der Waals surface area contributed by atoms with Crippen LogP contribution in [0, 0.1) is 6.92 Å². The average molecular weight is 273 g/mol. The molecule has 1 amide bonds. The van der Waals surface area contributed by atoms with E-state index in [9.17, 15) is 4.79 Å². The lowest BCUT2D eigenvalue weighted by molar-refractivity contribution is -0.120. The Balaban J connectivity index is 2.46. The number of amides is 1. The number of nitrogens with zero attached hydrogens (tertiary/aromatic N) is 1. The normalized spacial score (nSPS) is 20.8. The summed E-state index contributed by atoms with van der Waals surface area (Å²) in [7, 11) is 0. The molecule has 5 heteroatoms. The molecule has 2 rings (SSSR count). The Kier molecular flexibility index (Phi) is 3.61. The van der Waals surface area contributed by atoms with Crippen molar-refractivity contribution in [2.75, 3.05) is 11.4 Å². The van der Waals surface area contributed by atoms with Gasteiger partial charge in [-0.2, -0.15) is 0 Å². The van der Waals surface area contributed by atoms with Crippen molar-refractivity contribution in [1.82, 2.24) is 0 Å². The number of hydrogen-bond acceptors (Lipinski definition) is 2. The maximum Gasteiger partial charge on any atom is 0.243 e. The van der Waals surface area contributed by atoms with Crippen LogP contribution in [-0.4, -0.2) is 18.5 Å². The van der Waals surface area contributed by atoms with Crippen LogP contribution in [0.5, 0.6) is 0 Å². The van der Waals surface area contributed by atoms with Crippen molar-refractivity contribution in [3.05, 3.63) is 27.7 Å². The highest BCUT2D eigenvalue weighted by Gasteiger charge is 2.29. The Labute approximate surface area is 110 Å². The number of nitrogens with two attached hydrogens (primary N) is 1. The van der Waals surface area contributed by atoms with Gasteiger partial charge in [0.1, 0.15) is 0 Å². The van der Waals surface area contributed by atoms with E-state index in [2.05, 4.69) is 0 Å². The van der Waals surface area contributed by atoms with E-state index in [4.69, 9.17) is 28.9 Å². The van der Waals surface area contributed by atoms with Gasteiger partial charge in [0.05, 0.1) is 21.8 Å². The Morgan fingerprint density at radius 1 is 1.41 bits per heavy atom. The third-order valence-electron chi connectivity index (χ3n) is 3.01. The summed E-state index contributed by atoms with van der Waals surface area (Å²) in [5.41, 5.74) is 7.26. The van der Waals surface area contributed by atoms with Crippen LogP contribution in [0.1, 0.15) is 18.4 Å². The fourth-order valence-corrected chi connectivity index (χ4v) is 2.59. The van der Waals surface area contributed by atoms with Crippen molar-refractivity contribution in [3.63, 3.8) is 0 Å². The van der Waals surface area contributed by atoms with Gasteiger partial charge in [-0.15, -0.1) is 0 Å². The molecule has 1 aliphatic heterocycles. The molecule has 0 aliphatic carbocycles. The summed E-state index contributed by atoms with van der Waals surface area (Å²) in [5.74, 6) is -0.106. The van der Waals surface area contributed by atoms with E-state index >= 15 is 0 Å². The number of rotatable bonds is 1. The molecule has 1 atom stereocenters. The summed E-state index contributed by atoms with van der Waals surface area (Å²) in [6.45, 7) is 2.51. The summed E-state index contributed by atoms with van der Waals surface area (Å²) in [6.07, 6.45) is 1.59. The first kappa shape index (κ1) is 12.7. The van der Waals surface area contributed by atoms with Gasteiger partial charge in [-0.25, -0.2) is 0 Å². The largest absolute Gasteiger partial charge is 0.320 e. The van der Waals surface area contributed by atoms with Crippen molar-refractivity contribution in [2.24, 2.45) is 5.73 Å². The van der Waals surface area contributed by atoms with Gasteiger partial charge in [0, 0.05) is 6.54 Å². The lowest BCUT2D eigenvalue weighted by Crippen LogP contribution is -2.48. The second kappa shape index (κ2) is 4.84. The van der Waals surface area contributed by atoms with Gasteiger partial charge in [-0.05, 0) is 31.4 Å². The summed E-state index contributed by atoms with van der Waals surface area (Å²) in [6, 6.07) is 3.14. The minimum absolute atomic E-state index is 0.106.